The van der Waals surface area contributed by atoms with Crippen molar-refractivity contribution < 1.29 is 19.4 Å². The molecule has 5 nitrogen and oxygen atoms in total. The minimum Gasteiger partial charge on any atom is -0.506 e. The number of nitrogens with zero attached hydrogens (tertiary/aromatic N) is 1. The molecule has 23 heavy (non-hydrogen) atoms. The second-order valence-electron chi connectivity index (χ2n) is 5.66. The van der Waals surface area contributed by atoms with Crippen LogP contribution in [0.2, 0.25) is 0 Å². The maximum atomic E-state index is 12.2. The third kappa shape index (κ3) is 4.78. The Morgan fingerprint density at radius 1 is 1.22 bits per heavy atom. The normalized spacial score (nSPS) is 15.4. The summed E-state index contributed by atoms with van der Waals surface area (Å²) in [5.41, 5.74) is 0.166. The first-order chi connectivity index (χ1) is 11.0. The molecule has 0 aliphatic carbocycles. The first kappa shape index (κ1) is 17.9. The number of likely N-dealkylation sites (tertiary alicyclic amines) is 1. The number of piperidine rings is 1. The number of esters is 1. The summed E-state index contributed by atoms with van der Waals surface area (Å²) in [6.07, 6.45) is 3.88. The SMILES string of the molecule is CCC(=O)c1cc(Br)cc(C(=O)OCCN2CCCCC2)c1O. The number of aromatic hydroxyl groups is 1. The van der Waals surface area contributed by atoms with Gasteiger partial charge >= 0.3 is 5.97 Å². The molecule has 0 bridgehead atoms. The van der Waals surface area contributed by atoms with Gasteiger partial charge in [0.25, 0.3) is 0 Å². The van der Waals surface area contributed by atoms with Crippen LogP contribution in [0.3, 0.4) is 0 Å². The topological polar surface area (TPSA) is 66.8 Å². The van der Waals surface area contributed by atoms with E-state index in [4.69, 9.17) is 4.74 Å². The standard InChI is InChI=1S/C17H22BrNO4/c1-2-15(20)13-10-12(18)11-14(16(13)21)17(22)23-9-8-19-6-4-3-5-7-19/h10-11,21H,2-9H2,1H3. The fourth-order valence-electron chi connectivity index (χ4n) is 2.69. The van der Waals surface area contributed by atoms with Crippen molar-refractivity contribution in [3.63, 3.8) is 0 Å². The average Bonchev–Trinajstić information content (AvgIpc) is 2.56. The first-order valence-electron chi connectivity index (χ1n) is 7.98. The van der Waals surface area contributed by atoms with Crippen LogP contribution in [0.25, 0.3) is 0 Å². The number of ether oxygens (including phenoxy) is 1. The zero-order valence-electron chi connectivity index (χ0n) is 13.3. The van der Waals surface area contributed by atoms with Gasteiger partial charge in [0, 0.05) is 17.4 Å². The monoisotopic (exact) mass is 383 g/mol. The van der Waals surface area contributed by atoms with E-state index in [0.29, 0.717) is 11.0 Å². The molecule has 1 heterocycles. The number of carbonyl (C=O) groups excluding carboxylic acids is 2. The highest BCUT2D eigenvalue weighted by Crippen LogP contribution is 2.29. The highest BCUT2D eigenvalue weighted by Gasteiger charge is 2.20. The van der Waals surface area contributed by atoms with Gasteiger partial charge < -0.3 is 9.84 Å². The maximum Gasteiger partial charge on any atom is 0.342 e. The molecule has 0 spiro atoms. The van der Waals surface area contributed by atoms with Gasteiger partial charge in [-0.15, -0.1) is 0 Å². The van der Waals surface area contributed by atoms with Gasteiger partial charge in [0.05, 0.1) is 5.56 Å². The van der Waals surface area contributed by atoms with E-state index in [1.165, 1.54) is 31.4 Å². The predicted octanol–water partition coefficient (Wildman–Crippen LogP) is 3.39. The molecule has 0 atom stereocenters. The molecule has 1 saturated heterocycles. The van der Waals surface area contributed by atoms with E-state index >= 15 is 0 Å². The van der Waals surface area contributed by atoms with E-state index in [2.05, 4.69) is 20.8 Å². The number of carbonyl (C=O) groups is 2. The molecule has 0 radical (unpaired) electrons. The number of halogens is 1. The Hall–Kier alpha value is -1.40. The van der Waals surface area contributed by atoms with Gasteiger partial charge in [-0.1, -0.05) is 29.3 Å². The van der Waals surface area contributed by atoms with Crippen LogP contribution in [0.5, 0.6) is 5.75 Å². The number of rotatable bonds is 6. The van der Waals surface area contributed by atoms with E-state index in [1.807, 2.05) is 0 Å². The molecule has 0 saturated carbocycles. The lowest BCUT2D eigenvalue weighted by Crippen LogP contribution is -2.33. The van der Waals surface area contributed by atoms with Crippen molar-refractivity contribution in [2.45, 2.75) is 32.6 Å². The molecule has 0 aromatic heterocycles. The highest BCUT2D eigenvalue weighted by molar-refractivity contribution is 9.10. The zero-order chi connectivity index (χ0) is 16.8. The molecule has 1 aliphatic heterocycles. The van der Waals surface area contributed by atoms with E-state index < -0.39 is 5.97 Å². The van der Waals surface area contributed by atoms with Gasteiger partial charge in [-0.3, -0.25) is 9.69 Å². The number of Topliss-reactive ketones (excluding diaryl/α,β-unsaturated/α-hetero) is 1. The lowest BCUT2D eigenvalue weighted by Gasteiger charge is -2.25. The van der Waals surface area contributed by atoms with Crippen LogP contribution >= 0.6 is 15.9 Å². The number of hydrogen-bond acceptors (Lipinski definition) is 5. The Morgan fingerprint density at radius 3 is 2.52 bits per heavy atom. The lowest BCUT2D eigenvalue weighted by molar-refractivity contribution is 0.0449. The third-order valence-corrected chi connectivity index (χ3v) is 4.46. The van der Waals surface area contributed by atoms with Crippen molar-refractivity contribution in [1.29, 1.82) is 0 Å². The molecular formula is C17H22BrNO4. The Kier molecular flexibility index (Phi) is 6.59. The van der Waals surface area contributed by atoms with Crippen LogP contribution in [0.1, 0.15) is 53.3 Å². The number of phenols is 1. The van der Waals surface area contributed by atoms with Crippen LogP contribution in [-0.4, -0.2) is 48.0 Å². The van der Waals surface area contributed by atoms with Gasteiger partial charge in [0.15, 0.2) is 5.78 Å². The molecule has 2 rings (SSSR count). The van der Waals surface area contributed by atoms with E-state index in [9.17, 15) is 14.7 Å². The molecule has 1 aromatic rings. The second-order valence-corrected chi connectivity index (χ2v) is 6.58. The smallest absolute Gasteiger partial charge is 0.342 e. The predicted molar refractivity (Wildman–Crippen MR) is 91.0 cm³/mol. The summed E-state index contributed by atoms with van der Waals surface area (Å²) >= 11 is 3.26. The van der Waals surface area contributed by atoms with Crippen molar-refractivity contribution >= 4 is 27.7 Å². The Bertz CT molecular complexity index is 582. The Morgan fingerprint density at radius 2 is 1.87 bits per heavy atom. The van der Waals surface area contributed by atoms with Crippen LogP contribution in [0, 0.1) is 0 Å². The summed E-state index contributed by atoms with van der Waals surface area (Å²) in [4.78, 5) is 26.3. The molecule has 6 heteroatoms. The second kappa shape index (κ2) is 8.45. The first-order valence-corrected chi connectivity index (χ1v) is 8.77. The summed E-state index contributed by atoms with van der Waals surface area (Å²) in [6, 6.07) is 3.00. The number of ketones is 1. The molecule has 0 unspecified atom stereocenters. The minimum absolute atomic E-state index is 0.0230. The van der Waals surface area contributed by atoms with Crippen LogP contribution < -0.4 is 0 Å². The van der Waals surface area contributed by atoms with Crippen molar-refractivity contribution in [3.8, 4) is 5.75 Å². The van der Waals surface area contributed by atoms with Gasteiger partial charge in [-0.2, -0.15) is 0 Å². The van der Waals surface area contributed by atoms with Gasteiger partial charge in [0.1, 0.15) is 17.9 Å². The average molecular weight is 384 g/mol. The summed E-state index contributed by atoms with van der Waals surface area (Å²) in [5.74, 6) is -1.12. The number of hydrogen-bond donors (Lipinski definition) is 1. The summed E-state index contributed by atoms with van der Waals surface area (Å²) in [6.45, 7) is 4.76. The highest BCUT2D eigenvalue weighted by atomic mass is 79.9. The number of phenolic OH excluding ortho intramolecular Hbond substituents is 1. The zero-order valence-corrected chi connectivity index (χ0v) is 14.9. The summed E-state index contributed by atoms with van der Waals surface area (Å²) in [5, 5.41) is 10.2. The molecule has 1 aliphatic rings. The molecule has 0 amide bonds. The van der Waals surface area contributed by atoms with E-state index in [1.54, 1.807) is 6.92 Å². The van der Waals surface area contributed by atoms with Gasteiger partial charge in [0.2, 0.25) is 0 Å². The quantitative estimate of drug-likeness (QED) is 0.602. The summed E-state index contributed by atoms with van der Waals surface area (Å²) < 4.78 is 5.83. The molecule has 1 fully saturated rings. The Balaban J connectivity index is 2.01. The van der Waals surface area contributed by atoms with Crippen molar-refractivity contribution in [3.05, 3.63) is 27.7 Å². The van der Waals surface area contributed by atoms with Crippen LogP contribution in [-0.2, 0) is 4.74 Å². The van der Waals surface area contributed by atoms with Gasteiger partial charge in [-0.05, 0) is 38.1 Å². The van der Waals surface area contributed by atoms with Crippen molar-refractivity contribution in [2.24, 2.45) is 0 Å². The largest absolute Gasteiger partial charge is 0.506 e. The lowest BCUT2D eigenvalue weighted by atomic mass is 10.0. The fraction of sp³-hybridized carbons (Fsp3) is 0.529. The van der Waals surface area contributed by atoms with E-state index in [-0.39, 0.29) is 35.7 Å². The molecule has 1 N–H and O–H groups in total. The molecule has 126 valence electrons. The minimum atomic E-state index is -0.606. The maximum absolute atomic E-state index is 12.2. The molecule has 1 aromatic carbocycles. The molecular weight excluding hydrogens is 362 g/mol. The third-order valence-electron chi connectivity index (χ3n) is 4.01. The number of benzene rings is 1. The summed E-state index contributed by atoms with van der Waals surface area (Å²) in [7, 11) is 0. The van der Waals surface area contributed by atoms with Crippen molar-refractivity contribution in [1.82, 2.24) is 4.90 Å². The van der Waals surface area contributed by atoms with Crippen LogP contribution in [0.4, 0.5) is 0 Å². The van der Waals surface area contributed by atoms with Gasteiger partial charge in [-0.25, -0.2) is 4.79 Å². The Labute approximate surface area is 144 Å². The van der Waals surface area contributed by atoms with Crippen molar-refractivity contribution in [2.75, 3.05) is 26.2 Å². The fourth-order valence-corrected chi connectivity index (χ4v) is 3.14. The van der Waals surface area contributed by atoms with Crippen LogP contribution in [0.15, 0.2) is 16.6 Å². The van der Waals surface area contributed by atoms with E-state index in [0.717, 1.165) is 13.1 Å².